The molecule has 0 radical (unpaired) electrons. The lowest BCUT2D eigenvalue weighted by molar-refractivity contribution is 0.184. The molecule has 0 fully saturated rings. The molecule has 0 aliphatic carbocycles. The minimum atomic E-state index is 0.732. The Labute approximate surface area is 80.2 Å². The van der Waals surface area contributed by atoms with Crippen LogP contribution in [0.1, 0.15) is 0 Å². The summed E-state index contributed by atoms with van der Waals surface area (Å²) in [4.78, 5) is 5.02. The molecule has 0 aromatic heterocycles. The van der Waals surface area contributed by atoms with Crippen LogP contribution in [0.5, 0.6) is 0 Å². The van der Waals surface area contributed by atoms with E-state index in [1.165, 1.54) is 0 Å². The molecule has 2 N–H and O–H groups in total. The largest absolute Gasteiger partial charge is 0.399 e. The third-order valence-electron chi connectivity index (χ3n) is 1.58. The van der Waals surface area contributed by atoms with Gasteiger partial charge in [-0.1, -0.05) is 0 Å². The summed E-state index contributed by atoms with van der Waals surface area (Å²) in [6, 6.07) is 5.56. The van der Waals surface area contributed by atoms with Crippen molar-refractivity contribution >= 4 is 27.3 Å². The predicted octanol–water partition coefficient (Wildman–Crippen LogP) is 2.03. The van der Waals surface area contributed by atoms with Crippen molar-refractivity contribution in [2.45, 2.75) is 0 Å². The van der Waals surface area contributed by atoms with Crippen molar-refractivity contribution in [3.05, 3.63) is 22.7 Å². The van der Waals surface area contributed by atoms with Gasteiger partial charge in [0.05, 0.1) is 12.8 Å². The number of nitrogens with two attached hydrogens (primary N) is 1. The van der Waals surface area contributed by atoms with Crippen molar-refractivity contribution in [2.75, 3.05) is 25.0 Å². The van der Waals surface area contributed by atoms with Gasteiger partial charge >= 0.3 is 0 Å². The smallest absolute Gasteiger partial charge is 0.0776 e. The molecule has 0 bridgehead atoms. The van der Waals surface area contributed by atoms with Crippen molar-refractivity contribution in [2.24, 2.45) is 0 Å². The van der Waals surface area contributed by atoms with Crippen LogP contribution in [0.25, 0.3) is 0 Å². The highest BCUT2D eigenvalue weighted by Crippen LogP contribution is 2.27. The predicted molar refractivity (Wildman–Crippen MR) is 54.0 cm³/mol. The van der Waals surface area contributed by atoms with E-state index in [0.29, 0.717) is 0 Å². The summed E-state index contributed by atoms with van der Waals surface area (Å²) in [6.45, 7) is 0. The van der Waals surface area contributed by atoms with E-state index in [0.717, 1.165) is 15.8 Å². The number of halogens is 1. The van der Waals surface area contributed by atoms with Crippen LogP contribution in [0.2, 0.25) is 0 Å². The second kappa shape index (κ2) is 3.78. The third-order valence-corrected chi connectivity index (χ3v) is 2.22. The van der Waals surface area contributed by atoms with Crippen LogP contribution in [0.3, 0.4) is 0 Å². The normalized spacial score (nSPS) is 9.92. The highest BCUT2D eigenvalue weighted by molar-refractivity contribution is 9.10. The van der Waals surface area contributed by atoms with Gasteiger partial charge in [0.25, 0.3) is 0 Å². The summed E-state index contributed by atoms with van der Waals surface area (Å²) in [7, 11) is 3.44. The zero-order chi connectivity index (χ0) is 9.14. The molecule has 1 aromatic rings. The molecule has 0 amide bonds. The third kappa shape index (κ3) is 1.89. The number of anilines is 2. The second-order valence-corrected chi connectivity index (χ2v) is 3.25. The van der Waals surface area contributed by atoms with E-state index in [2.05, 4.69) is 15.9 Å². The first kappa shape index (κ1) is 9.35. The molecule has 12 heavy (non-hydrogen) atoms. The molecule has 3 nitrogen and oxygen atoms in total. The molecule has 0 aliphatic rings. The lowest BCUT2D eigenvalue weighted by atomic mass is 10.3. The van der Waals surface area contributed by atoms with Crippen LogP contribution in [-0.2, 0) is 4.84 Å². The summed E-state index contributed by atoms with van der Waals surface area (Å²) in [6.07, 6.45) is 0. The molecular weight excluding hydrogens is 220 g/mol. The number of hydroxylamine groups is 1. The molecule has 1 aromatic carbocycles. The van der Waals surface area contributed by atoms with Crippen LogP contribution in [0.4, 0.5) is 11.4 Å². The molecule has 0 saturated heterocycles. The summed E-state index contributed by atoms with van der Waals surface area (Å²) >= 11 is 3.39. The Morgan fingerprint density at radius 2 is 2.17 bits per heavy atom. The number of nitrogen functional groups attached to an aromatic ring is 1. The fourth-order valence-electron chi connectivity index (χ4n) is 0.877. The monoisotopic (exact) mass is 230 g/mol. The van der Waals surface area contributed by atoms with Crippen LogP contribution in [0.15, 0.2) is 22.7 Å². The zero-order valence-electron chi connectivity index (χ0n) is 7.04. The van der Waals surface area contributed by atoms with Crippen LogP contribution < -0.4 is 10.8 Å². The van der Waals surface area contributed by atoms with Gasteiger partial charge < -0.3 is 5.73 Å². The zero-order valence-corrected chi connectivity index (χ0v) is 8.63. The number of rotatable bonds is 2. The Kier molecular flexibility index (Phi) is 2.94. The quantitative estimate of drug-likeness (QED) is 0.625. The first-order valence-electron chi connectivity index (χ1n) is 3.48. The fraction of sp³-hybridized carbons (Fsp3) is 0.250. The van der Waals surface area contributed by atoms with Gasteiger partial charge in [-0.3, -0.25) is 9.90 Å². The second-order valence-electron chi connectivity index (χ2n) is 2.39. The molecular formula is C8H11BrN2O. The molecule has 66 valence electrons. The van der Waals surface area contributed by atoms with E-state index in [1.54, 1.807) is 12.2 Å². The van der Waals surface area contributed by atoms with Crippen molar-refractivity contribution in [1.82, 2.24) is 0 Å². The van der Waals surface area contributed by atoms with E-state index >= 15 is 0 Å². The lowest BCUT2D eigenvalue weighted by Gasteiger charge is -2.17. The van der Waals surface area contributed by atoms with Gasteiger partial charge in [-0.15, -0.1) is 0 Å². The van der Waals surface area contributed by atoms with Crippen molar-refractivity contribution in [3.63, 3.8) is 0 Å². The fourth-order valence-corrected chi connectivity index (χ4v) is 1.52. The maximum Gasteiger partial charge on any atom is 0.0776 e. The SMILES string of the molecule is CON(C)c1ccc(N)cc1Br. The summed E-state index contributed by atoms with van der Waals surface area (Å²) in [5.74, 6) is 0. The Bertz CT molecular complexity index is 278. The Morgan fingerprint density at radius 1 is 1.50 bits per heavy atom. The maximum absolute atomic E-state index is 5.58. The van der Waals surface area contributed by atoms with E-state index in [9.17, 15) is 0 Å². The minimum Gasteiger partial charge on any atom is -0.399 e. The molecule has 0 spiro atoms. The van der Waals surface area contributed by atoms with Crippen molar-refractivity contribution in [1.29, 1.82) is 0 Å². The first-order chi connectivity index (χ1) is 5.65. The molecule has 4 heteroatoms. The summed E-state index contributed by atoms with van der Waals surface area (Å²) in [5, 5.41) is 1.66. The molecule has 0 aliphatic heterocycles. The van der Waals surface area contributed by atoms with E-state index in [4.69, 9.17) is 10.6 Å². The van der Waals surface area contributed by atoms with Gasteiger partial charge in [0.2, 0.25) is 0 Å². The molecule has 0 atom stereocenters. The summed E-state index contributed by atoms with van der Waals surface area (Å²) < 4.78 is 0.923. The van der Waals surface area contributed by atoms with Gasteiger partial charge in [-0.05, 0) is 34.1 Å². The van der Waals surface area contributed by atoms with E-state index in [1.807, 2.05) is 25.2 Å². The van der Waals surface area contributed by atoms with Crippen LogP contribution >= 0.6 is 15.9 Å². The number of hydrogen-bond donors (Lipinski definition) is 1. The van der Waals surface area contributed by atoms with Crippen molar-refractivity contribution in [3.8, 4) is 0 Å². The van der Waals surface area contributed by atoms with Gasteiger partial charge in [-0.2, -0.15) is 0 Å². The summed E-state index contributed by atoms with van der Waals surface area (Å²) in [5.41, 5.74) is 7.26. The molecule has 0 unspecified atom stereocenters. The number of benzene rings is 1. The lowest BCUT2D eigenvalue weighted by Crippen LogP contribution is -2.15. The first-order valence-corrected chi connectivity index (χ1v) is 4.27. The maximum atomic E-state index is 5.58. The molecule has 0 heterocycles. The Hall–Kier alpha value is -0.740. The van der Waals surface area contributed by atoms with E-state index in [-0.39, 0.29) is 0 Å². The van der Waals surface area contributed by atoms with Crippen LogP contribution in [-0.4, -0.2) is 14.2 Å². The number of nitrogens with zero attached hydrogens (tertiary/aromatic N) is 1. The van der Waals surface area contributed by atoms with Gasteiger partial charge in [0.1, 0.15) is 0 Å². The van der Waals surface area contributed by atoms with Gasteiger partial charge in [0.15, 0.2) is 0 Å². The van der Waals surface area contributed by atoms with Gasteiger partial charge in [-0.25, -0.2) is 0 Å². The topological polar surface area (TPSA) is 38.5 Å². The number of hydrogen-bond acceptors (Lipinski definition) is 3. The van der Waals surface area contributed by atoms with Gasteiger partial charge in [0, 0.05) is 17.2 Å². The molecule has 0 saturated carbocycles. The average Bonchev–Trinajstić information content (AvgIpc) is 2.03. The molecule has 1 rings (SSSR count). The highest BCUT2D eigenvalue weighted by Gasteiger charge is 2.03. The minimum absolute atomic E-state index is 0.732. The Balaban J connectivity index is 3.01. The van der Waals surface area contributed by atoms with Crippen molar-refractivity contribution < 1.29 is 4.84 Å². The van der Waals surface area contributed by atoms with Crippen LogP contribution in [0, 0.1) is 0 Å². The Morgan fingerprint density at radius 3 is 2.67 bits per heavy atom. The standard InChI is InChI=1S/C8H11BrN2O/c1-11(12-2)8-4-3-6(10)5-7(8)9/h3-5H,10H2,1-2H3. The average molecular weight is 231 g/mol. The highest BCUT2D eigenvalue weighted by atomic mass is 79.9. The van der Waals surface area contributed by atoms with E-state index < -0.39 is 0 Å².